The predicted molar refractivity (Wildman–Crippen MR) is 93.4 cm³/mol. The van der Waals surface area contributed by atoms with E-state index in [1.165, 1.54) is 6.07 Å². The highest BCUT2D eigenvalue weighted by Gasteiger charge is 2.28. The number of rotatable bonds is 2. The number of amides is 1. The molecule has 1 unspecified atom stereocenters. The van der Waals surface area contributed by atoms with E-state index in [1.807, 2.05) is 23.1 Å². The summed E-state index contributed by atoms with van der Waals surface area (Å²) in [6.45, 7) is 1.23. The maximum absolute atomic E-state index is 14.1. The van der Waals surface area contributed by atoms with Gasteiger partial charge in [0.2, 0.25) is 0 Å². The summed E-state index contributed by atoms with van der Waals surface area (Å²) in [5.41, 5.74) is 3.04. The highest BCUT2D eigenvalue weighted by molar-refractivity contribution is 6.02. The molecule has 25 heavy (non-hydrogen) atoms. The Hall–Kier alpha value is -2.49. The van der Waals surface area contributed by atoms with E-state index >= 15 is 0 Å². The fourth-order valence-corrected chi connectivity index (χ4v) is 3.99. The Bertz CT molecular complexity index is 846. The molecule has 4 rings (SSSR count). The molecule has 1 aliphatic heterocycles. The Morgan fingerprint density at radius 1 is 1.12 bits per heavy atom. The van der Waals surface area contributed by atoms with E-state index in [9.17, 15) is 14.0 Å². The molecule has 128 valence electrons. The SMILES string of the molecule is O=C1CCc2cc(C(=O)N3CCCC(c4ccccc4F)C3)ccc21. The molecule has 0 saturated carbocycles. The lowest BCUT2D eigenvalue weighted by Gasteiger charge is -2.33. The first-order chi connectivity index (χ1) is 12.1. The molecule has 1 fully saturated rings. The normalized spacial score (nSPS) is 19.8. The number of carbonyl (C=O) groups excluding carboxylic acids is 2. The largest absolute Gasteiger partial charge is 0.338 e. The third kappa shape index (κ3) is 2.97. The van der Waals surface area contributed by atoms with Crippen molar-refractivity contribution in [1.29, 1.82) is 0 Å². The highest BCUT2D eigenvalue weighted by atomic mass is 19.1. The molecule has 0 radical (unpaired) electrons. The topological polar surface area (TPSA) is 37.4 Å². The van der Waals surface area contributed by atoms with Crippen LogP contribution < -0.4 is 0 Å². The van der Waals surface area contributed by atoms with Gasteiger partial charge >= 0.3 is 0 Å². The molecule has 2 aromatic carbocycles. The molecule has 1 amide bonds. The molecule has 1 atom stereocenters. The van der Waals surface area contributed by atoms with E-state index in [1.54, 1.807) is 18.2 Å². The predicted octanol–water partition coefficient (Wildman–Crippen LogP) is 3.97. The van der Waals surface area contributed by atoms with Crippen LogP contribution in [0.5, 0.6) is 0 Å². The second-order valence-electron chi connectivity index (χ2n) is 6.91. The summed E-state index contributed by atoms with van der Waals surface area (Å²) < 4.78 is 14.1. The number of carbonyl (C=O) groups is 2. The monoisotopic (exact) mass is 337 g/mol. The number of aryl methyl sites for hydroxylation is 1. The molecule has 0 spiro atoms. The van der Waals surface area contributed by atoms with E-state index in [2.05, 4.69) is 0 Å². The molecule has 1 heterocycles. The fraction of sp³-hybridized carbons (Fsp3) is 0.333. The van der Waals surface area contributed by atoms with Crippen molar-refractivity contribution in [1.82, 2.24) is 4.90 Å². The van der Waals surface area contributed by atoms with Crippen molar-refractivity contribution < 1.29 is 14.0 Å². The third-order valence-electron chi connectivity index (χ3n) is 5.33. The number of nitrogens with zero attached hydrogens (tertiary/aromatic N) is 1. The van der Waals surface area contributed by atoms with E-state index in [4.69, 9.17) is 0 Å². The van der Waals surface area contributed by atoms with Gasteiger partial charge in [0.05, 0.1) is 0 Å². The molecule has 0 bridgehead atoms. The quantitative estimate of drug-likeness (QED) is 0.831. The summed E-state index contributed by atoms with van der Waals surface area (Å²) >= 11 is 0. The van der Waals surface area contributed by atoms with Crippen LogP contribution in [0.1, 0.15) is 57.0 Å². The molecule has 3 nitrogen and oxygen atoms in total. The molecular weight excluding hydrogens is 317 g/mol. The van der Waals surface area contributed by atoms with Crippen LogP contribution in [0, 0.1) is 5.82 Å². The van der Waals surface area contributed by atoms with Crippen LogP contribution in [-0.2, 0) is 6.42 Å². The van der Waals surface area contributed by atoms with Gasteiger partial charge in [-0.1, -0.05) is 24.3 Å². The standard InChI is InChI=1S/C21H20FNO2/c22-19-6-2-1-5-17(19)16-4-3-11-23(13-16)21(25)15-7-9-18-14(12-15)8-10-20(18)24/h1-2,5-7,9,12,16H,3-4,8,10-11,13H2. The number of hydrogen-bond acceptors (Lipinski definition) is 2. The zero-order valence-corrected chi connectivity index (χ0v) is 14.0. The molecular formula is C21H20FNO2. The minimum absolute atomic E-state index is 0.0248. The summed E-state index contributed by atoms with van der Waals surface area (Å²) in [5.74, 6) is -0.0254. The maximum atomic E-state index is 14.1. The highest BCUT2D eigenvalue weighted by Crippen LogP contribution is 2.30. The van der Waals surface area contributed by atoms with Crippen LogP contribution in [0.25, 0.3) is 0 Å². The molecule has 1 aliphatic carbocycles. The van der Waals surface area contributed by atoms with Crippen LogP contribution in [0.2, 0.25) is 0 Å². The van der Waals surface area contributed by atoms with E-state index in [0.717, 1.165) is 24.0 Å². The van der Waals surface area contributed by atoms with Crippen molar-refractivity contribution in [3.8, 4) is 0 Å². The van der Waals surface area contributed by atoms with Crippen molar-refractivity contribution >= 4 is 11.7 Å². The Kier molecular flexibility index (Phi) is 4.12. The van der Waals surface area contributed by atoms with Gasteiger partial charge in [-0.15, -0.1) is 0 Å². The lowest BCUT2D eigenvalue weighted by atomic mass is 9.90. The molecule has 2 aromatic rings. The van der Waals surface area contributed by atoms with Gasteiger partial charge in [0, 0.05) is 36.6 Å². The number of benzene rings is 2. The number of Topliss-reactive ketones (excluding diaryl/α,β-unsaturated/α-hetero) is 1. The summed E-state index contributed by atoms with van der Waals surface area (Å²) in [5, 5.41) is 0. The Morgan fingerprint density at radius 2 is 1.96 bits per heavy atom. The van der Waals surface area contributed by atoms with Gasteiger partial charge in [-0.2, -0.15) is 0 Å². The minimum atomic E-state index is -0.196. The van der Waals surface area contributed by atoms with Gasteiger partial charge < -0.3 is 4.90 Å². The summed E-state index contributed by atoms with van der Waals surface area (Å²) in [4.78, 5) is 26.5. The van der Waals surface area contributed by atoms with Crippen LogP contribution >= 0.6 is 0 Å². The van der Waals surface area contributed by atoms with Gasteiger partial charge in [-0.3, -0.25) is 9.59 Å². The Labute approximate surface area is 146 Å². The number of ketones is 1. The summed E-state index contributed by atoms with van der Waals surface area (Å²) in [6, 6.07) is 12.2. The first-order valence-electron chi connectivity index (χ1n) is 8.83. The lowest BCUT2D eigenvalue weighted by Crippen LogP contribution is -2.39. The Morgan fingerprint density at radius 3 is 2.80 bits per heavy atom. The average molecular weight is 337 g/mol. The van der Waals surface area contributed by atoms with Crippen LogP contribution in [0.3, 0.4) is 0 Å². The zero-order chi connectivity index (χ0) is 17.4. The van der Waals surface area contributed by atoms with Crippen molar-refractivity contribution in [2.24, 2.45) is 0 Å². The van der Waals surface area contributed by atoms with E-state index in [-0.39, 0.29) is 23.4 Å². The molecule has 1 saturated heterocycles. The summed E-state index contributed by atoms with van der Waals surface area (Å²) in [7, 11) is 0. The number of hydrogen-bond donors (Lipinski definition) is 0. The van der Waals surface area contributed by atoms with Gasteiger partial charge in [0.1, 0.15) is 5.82 Å². The Balaban J connectivity index is 1.54. The lowest BCUT2D eigenvalue weighted by molar-refractivity contribution is 0.0705. The van der Waals surface area contributed by atoms with Crippen LogP contribution in [0.15, 0.2) is 42.5 Å². The smallest absolute Gasteiger partial charge is 0.253 e. The molecule has 0 aromatic heterocycles. The van der Waals surface area contributed by atoms with Crippen LogP contribution in [-0.4, -0.2) is 29.7 Å². The van der Waals surface area contributed by atoms with Gasteiger partial charge in [0.25, 0.3) is 5.91 Å². The zero-order valence-electron chi connectivity index (χ0n) is 14.0. The van der Waals surface area contributed by atoms with Gasteiger partial charge in [0.15, 0.2) is 5.78 Å². The second kappa shape index (κ2) is 6.43. The van der Waals surface area contributed by atoms with Gasteiger partial charge in [-0.05, 0) is 48.6 Å². The number of piperidine rings is 1. The molecule has 4 heteroatoms. The third-order valence-corrected chi connectivity index (χ3v) is 5.33. The molecule has 2 aliphatic rings. The summed E-state index contributed by atoms with van der Waals surface area (Å²) in [6.07, 6.45) is 3.01. The minimum Gasteiger partial charge on any atom is -0.338 e. The fourth-order valence-electron chi connectivity index (χ4n) is 3.99. The van der Waals surface area contributed by atoms with Gasteiger partial charge in [-0.25, -0.2) is 4.39 Å². The van der Waals surface area contributed by atoms with E-state index in [0.29, 0.717) is 37.1 Å². The molecule has 0 N–H and O–H groups in total. The van der Waals surface area contributed by atoms with E-state index < -0.39 is 0 Å². The van der Waals surface area contributed by atoms with Crippen molar-refractivity contribution in [3.05, 3.63) is 70.5 Å². The average Bonchev–Trinajstić information content (AvgIpc) is 3.02. The second-order valence-corrected chi connectivity index (χ2v) is 6.91. The number of halogens is 1. The van der Waals surface area contributed by atoms with Crippen molar-refractivity contribution in [2.75, 3.05) is 13.1 Å². The number of likely N-dealkylation sites (tertiary alicyclic amines) is 1. The van der Waals surface area contributed by atoms with Crippen LogP contribution in [0.4, 0.5) is 4.39 Å². The maximum Gasteiger partial charge on any atom is 0.253 e. The van der Waals surface area contributed by atoms with Crippen molar-refractivity contribution in [2.45, 2.75) is 31.6 Å². The first kappa shape index (κ1) is 16.0. The first-order valence-corrected chi connectivity index (χ1v) is 8.83. The van der Waals surface area contributed by atoms with Crippen molar-refractivity contribution in [3.63, 3.8) is 0 Å². The number of fused-ring (bicyclic) bond motifs is 1.